The highest BCUT2D eigenvalue weighted by molar-refractivity contribution is 5.42. The summed E-state index contributed by atoms with van der Waals surface area (Å²) in [5.41, 5.74) is 4.29. The molecule has 3 heteroatoms. The van der Waals surface area contributed by atoms with Crippen LogP contribution in [0.3, 0.4) is 0 Å². The predicted molar refractivity (Wildman–Crippen MR) is 87.3 cm³/mol. The Balaban J connectivity index is 1.71. The van der Waals surface area contributed by atoms with E-state index in [0.29, 0.717) is 6.04 Å². The Bertz CT molecular complexity index is 639. The van der Waals surface area contributed by atoms with E-state index in [4.69, 9.17) is 9.47 Å². The maximum Gasteiger partial charge on any atom is 0.161 e. The molecule has 0 heterocycles. The van der Waals surface area contributed by atoms with Crippen molar-refractivity contribution in [3.8, 4) is 11.5 Å². The highest BCUT2D eigenvalue weighted by Gasteiger charge is 2.22. The molecule has 116 valence electrons. The molecule has 1 atom stereocenters. The third kappa shape index (κ3) is 3.09. The molecule has 2 aromatic rings. The van der Waals surface area contributed by atoms with Gasteiger partial charge in [0.1, 0.15) is 12.6 Å². The smallest absolute Gasteiger partial charge is 0.161 e. The Hall–Kier alpha value is -2.00. The number of quaternary nitrogens is 1. The average Bonchev–Trinajstić information content (AvgIpc) is 2.59. The van der Waals surface area contributed by atoms with Gasteiger partial charge in [-0.15, -0.1) is 0 Å². The molecule has 0 radical (unpaired) electrons. The molecule has 22 heavy (non-hydrogen) atoms. The van der Waals surface area contributed by atoms with Gasteiger partial charge in [0.2, 0.25) is 0 Å². The minimum atomic E-state index is 0.568. The van der Waals surface area contributed by atoms with Gasteiger partial charge in [-0.3, -0.25) is 0 Å². The lowest BCUT2D eigenvalue weighted by Gasteiger charge is -2.23. The van der Waals surface area contributed by atoms with E-state index < -0.39 is 0 Å². The van der Waals surface area contributed by atoms with Crippen molar-refractivity contribution in [2.75, 3.05) is 14.2 Å². The predicted octanol–water partition coefficient (Wildman–Crippen LogP) is 2.84. The number of rotatable bonds is 5. The van der Waals surface area contributed by atoms with Crippen LogP contribution in [0.1, 0.15) is 35.6 Å². The van der Waals surface area contributed by atoms with Gasteiger partial charge in [-0.05, 0) is 36.6 Å². The maximum absolute atomic E-state index is 5.39. The second-order valence-electron chi connectivity index (χ2n) is 5.83. The Morgan fingerprint density at radius 1 is 1.05 bits per heavy atom. The molecule has 0 aliphatic heterocycles. The zero-order chi connectivity index (χ0) is 15.4. The molecule has 0 amide bonds. The first kappa shape index (κ1) is 14.9. The Morgan fingerprint density at radius 3 is 2.68 bits per heavy atom. The molecule has 3 nitrogen and oxygen atoms in total. The van der Waals surface area contributed by atoms with Crippen LogP contribution in [0.15, 0.2) is 42.5 Å². The molecule has 0 fully saturated rings. The molecule has 1 unspecified atom stereocenters. The van der Waals surface area contributed by atoms with Crippen LogP contribution in [0.4, 0.5) is 0 Å². The fourth-order valence-corrected chi connectivity index (χ4v) is 3.32. The van der Waals surface area contributed by atoms with E-state index in [2.05, 4.69) is 41.7 Å². The minimum Gasteiger partial charge on any atom is -0.493 e. The zero-order valence-electron chi connectivity index (χ0n) is 13.3. The molecule has 2 N–H and O–H groups in total. The lowest BCUT2D eigenvalue weighted by atomic mass is 9.87. The molecule has 1 aliphatic rings. The van der Waals surface area contributed by atoms with Crippen LogP contribution < -0.4 is 14.8 Å². The quantitative estimate of drug-likeness (QED) is 0.921. The van der Waals surface area contributed by atoms with Gasteiger partial charge in [0, 0.05) is 17.5 Å². The van der Waals surface area contributed by atoms with Crippen molar-refractivity contribution in [3.05, 3.63) is 59.2 Å². The number of aryl methyl sites for hydroxylation is 1. The van der Waals surface area contributed by atoms with Crippen molar-refractivity contribution in [2.24, 2.45) is 0 Å². The molecule has 0 bridgehead atoms. The van der Waals surface area contributed by atoms with Gasteiger partial charge in [0.25, 0.3) is 0 Å². The molecule has 1 aliphatic carbocycles. The molecule has 0 saturated carbocycles. The molecular formula is C19H24NO2+. The monoisotopic (exact) mass is 298 g/mol. The molecule has 0 saturated heterocycles. The fourth-order valence-electron chi connectivity index (χ4n) is 3.32. The standard InChI is InChI=1S/C19H23NO2/c1-21-18-11-10-14(12-19(18)22-2)13-20-17-9-5-7-15-6-3-4-8-16(15)17/h3-4,6,8,10-12,17,20H,5,7,9,13H2,1-2H3/p+1. The number of hydrogen-bond acceptors (Lipinski definition) is 2. The summed E-state index contributed by atoms with van der Waals surface area (Å²) >= 11 is 0. The number of fused-ring (bicyclic) bond motifs is 1. The number of ether oxygens (including phenoxy) is 2. The minimum absolute atomic E-state index is 0.568. The average molecular weight is 298 g/mol. The summed E-state index contributed by atoms with van der Waals surface area (Å²) in [4.78, 5) is 0. The second kappa shape index (κ2) is 6.84. The van der Waals surface area contributed by atoms with E-state index in [-0.39, 0.29) is 0 Å². The van der Waals surface area contributed by atoms with Crippen molar-refractivity contribution >= 4 is 0 Å². The number of nitrogens with two attached hydrogens (primary N) is 1. The zero-order valence-corrected chi connectivity index (χ0v) is 13.3. The lowest BCUT2D eigenvalue weighted by Crippen LogP contribution is -2.84. The normalized spacial score (nSPS) is 16.9. The number of methoxy groups -OCH3 is 2. The first-order chi connectivity index (χ1) is 10.8. The van der Waals surface area contributed by atoms with Crippen LogP contribution in [0.25, 0.3) is 0 Å². The van der Waals surface area contributed by atoms with E-state index in [1.54, 1.807) is 14.2 Å². The summed E-state index contributed by atoms with van der Waals surface area (Å²) in [6, 6.07) is 15.6. The first-order valence-corrected chi connectivity index (χ1v) is 7.94. The van der Waals surface area contributed by atoms with Gasteiger partial charge in [-0.1, -0.05) is 24.3 Å². The van der Waals surface area contributed by atoms with Crippen molar-refractivity contribution in [1.29, 1.82) is 0 Å². The highest BCUT2D eigenvalue weighted by atomic mass is 16.5. The van der Waals surface area contributed by atoms with Crippen LogP contribution in [-0.2, 0) is 13.0 Å². The van der Waals surface area contributed by atoms with Gasteiger partial charge in [-0.2, -0.15) is 0 Å². The summed E-state index contributed by atoms with van der Waals surface area (Å²) in [5.74, 6) is 1.59. The van der Waals surface area contributed by atoms with Crippen LogP contribution in [0.5, 0.6) is 11.5 Å². The molecule has 2 aromatic carbocycles. The van der Waals surface area contributed by atoms with Crippen LogP contribution in [0, 0.1) is 0 Å². The molecule has 0 aromatic heterocycles. The summed E-state index contributed by atoms with van der Waals surface area (Å²) in [5, 5.41) is 2.44. The van der Waals surface area contributed by atoms with Crippen molar-refractivity contribution in [1.82, 2.24) is 0 Å². The highest BCUT2D eigenvalue weighted by Crippen LogP contribution is 2.28. The third-order valence-electron chi connectivity index (χ3n) is 4.50. The molecule has 3 rings (SSSR count). The largest absolute Gasteiger partial charge is 0.493 e. The van der Waals surface area contributed by atoms with Gasteiger partial charge in [-0.25, -0.2) is 0 Å². The fraction of sp³-hybridized carbons (Fsp3) is 0.368. The van der Waals surface area contributed by atoms with Crippen molar-refractivity contribution in [2.45, 2.75) is 31.8 Å². The topological polar surface area (TPSA) is 35.1 Å². The second-order valence-corrected chi connectivity index (χ2v) is 5.83. The number of hydrogen-bond donors (Lipinski definition) is 1. The van der Waals surface area contributed by atoms with E-state index in [1.165, 1.54) is 36.0 Å². The Labute approximate surface area is 132 Å². The van der Waals surface area contributed by atoms with E-state index in [0.717, 1.165) is 18.0 Å². The summed E-state index contributed by atoms with van der Waals surface area (Å²) < 4.78 is 10.7. The molecule has 0 spiro atoms. The van der Waals surface area contributed by atoms with Crippen LogP contribution in [0.2, 0.25) is 0 Å². The van der Waals surface area contributed by atoms with Gasteiger partial charge < -0.3 is 14.8 Å². The summed E-state index contributed by atoms with van der Waals surface area (Å²) in [6.45, 7) is 0.958. The lowest BCUT2D eigenvalue weighted by molar-refractivity contribution is -0.712. The van der Waals surface area contributed by atoms with Crippen molar-refractivity contribution < 1.29 is 14.8 Å². The van der Waals surface area contributed by atoms with Gasteiger partial charge >= 0.3 is 0 Å². The summed E-state index contributed by atoms with van der Waals surface area (Å²) in [7, 11) is 3.35. The molecular weight excluding hydrogens is 274 g/mol. The van der Waals surface area contributed by atoms with Crippen molar-refractivity contribution in [3.63, 3.8) is 0 Å². The van der Waals surface area contributed by atoms with E-state index in [9.17, 15) is 0 Å². The third-order valence-corrected chi connectivity index (χ3v) is 4.50. The summed E-state index contributed by atoms with van der Waals surface area (Å²) in [6.07, 6.45) is 3.76. The SMILES string of the molecule is COc1ccc(C[NH2+]C2CCCc3ccccc32)cc1OC. The maximum atomic E-state index is 5.39. The van der Waals surface area contributed by atoms with Crippen LogP contribution >= 0.6 is 0 Å². The number of benzene rings is 2. The Kier molecular flexibility index (Phi) is 4.64. The first-order valence-electron chi connectivity index (χ1n) is 7.94. The van der Waals surface area contributed by atoms with Gasteiger partial charge in [0.15, 0.2) is 11.5 Å². The van der Waals surface area contributed by atoms with E-state index in [1.807, 2.05) is 6.07 Å². The van der Waals surface area contributed by atoms with Gasteiger partial charge in [0.05, 0.1) is 14.2 Å². The van der Waals surface area contributed by atoms with E-state index >= 15 is 0 Å². The Morgan fingerprint density at radius 2 is 1.86 bits per heavy atom. The van der Waals surface area contributed by atoms with Crippen LogP contribution in [-0.4, -0.2) is 14.2 Å².